The molecule has 0 amide bonds. The van der Waals surface area contributed by atoms with Crippen LogP contribution in [0.5, 0.6) is 5.75 Å². The fourth-order valence-electron chi connectivity index (χ4n) is 3.14. The molecule has 2 nitrogen and oxygen atoms in total. The molecule has 1 fully saturated rings. The summed E-state index contributed by atoms with van der Waals surface area (Å²) in [6, 6.07) is 8.57. The van der Waals surface area contributed by atoms with Gasteiger partial charge in [0.1, 0.15) is 18.5 Å². The molecule has 1 atom stereocenters. The molecular formula is C22H36O2. The predicted molar refractivity (Wildman–Crippen MR) is 102 cm³/mol. The Kier molecular flexibility index (Phi) is 9.94. The van der Waals surface area contributed by atoms with E-state index >= 15 is 0 Å². The fourth-order valence-corrected chi connectivity index (χ4v) is 3.14. The molecule has 0 aromatic heterocycles. The van der Waals surface area contributed by atoms with E-state index in [0.29, 0.717) is 12.7 Å². The Morgan fingerprint density at radius 3 is 2.17 bits per heavy atom. The van der Waals surface area contributed by atoms with E-state index in [1.165, 1.54) is 82.6 Å². The molecule has 1 saturated heterocycles. The van der Waals surface area contributed by atoms with E-state index in [0.717, 1.165) is 12.4 Å². The lowest BCUT2D eigenvalue weighted by Crippen LogP contribution is -2.04. The molecule has 0 radical (unpaired) electrons. The summed E-state index contributed by atoms with van der Waals surface area (Å²) in [5.41, 5.74) is 1.40. The van der Waals surface area contributed by atoms with Gasteiger partial charge in [-0.05, 0) is 30.5 Å². The topological polar surface area (TPSA) is 21.8 Å². The van der Waals surface area contributed by atoms with Gasteiger partial charge in [-0.1, -0.05) is 83.3 Å². The quantitative estimate of drug-likeness (QED) is 0.277. The average Bonchev–Trinajstić information content (AvgIpc) is 3.43. The van der Waals surface area contributed by atoms with Gasteiger partial charge in [0.2, 0.25) is 0 Å². The van der Waals surface area contributed by atoms with E-state index in [4.69, 9.17) is 9.47 Å². The third-order valence-electron chi connectivity index (χ3n) is 4.81. The molecule has 1 unspecified atom stereocenters. The summed E-state index contributed by atoms with van der Waals surface area (Å²) in [6.45, 7) is 3.84. The monoisotopic (exact) mass is 332 g/mol. The van der Waals surface area contributed by atoms with E-state index < -0.39 is 0 Å². The summed E-state index contributed by atoms with van der Waals surface area (Å²) in [6.07, 6.45) is 16.9. The van der Waals surface area contributed by atoms with E-state index in [9.17, 15) is 0 Å². The van der Waals surface area contributed by atoms with E-state index in [1.54, 1.807) is 0 Å². The smallest absolute Gasteiger partial charge is 0.119 e. The van der Waals surface area contributed by atoms with Crippen molar-refractivity contribution in [3.63, 3.8) is 0 Å². The van der Waals surface area contributed by atoms with Gasteiger partial charge in [0, 0.05) is 0 Å². The normalized spacial score (nSPS) is 16.3. The predicted octanol–water partition coefficient (Wildman–Crippen LogP) is 6.32. The Labute approximate surface area is 148 Å². The Balaban J connectivity index is 1.43. The summed E-state index contributed by atoms with van der Waals surface area (Å²) in [4.78, 5) is 0. The average molecular weight is 333 g/mol. The molecule has 2 rings (SSSR count). The highest BCUT2D eigenvalue weighted by atomic mass is 16.6. The number of rotatable bonds is 15. The van der Waals surface area contributed by atoms with Crippen molar-refractivity contribution < 1.29 is 9.47 Å². The van der Waals surface area contributed by atoms with Gasteiger partial charge < -0.3 is 9.47 Å². The van der Waals surface area contributed by atoms with Crippen LogP contribution in [0.2, 0.25) is 0 Å². The maximum atomic E-state index is 5.75. The van der Waals surface area contributed by atoms with Crippen LogP contribution >= 0.6 is 0 Å². The summed E-state index contributed by atoms with van der Waals surface area (Å²) < 4.78 is 10.9. The van der Waals surface area contributed by atoms with Crippen LogP contribution in [-0.4, -0.2) is 19.3 Å². The first-order valence-electron chi connectivity index (χ1n) is 10.2. The molecule has 1 aromatic carbocycles. The number of ether oxygens (including phenoxy) is 2. The molecule has 0 saturated carbocycles. The second-order valence-corrected chi connectivity index (χ2v) is 7.20. The van der Waals surface area contributed by atoms with Gasteiger partial charge in [0.05, 0.1) is 6.61 Å². The van der Waals surface area contributed by atoms with Crippen molar-refractivity contribution >= 4 is 0 Å². The summed E-state index contributed by atoms with van der Waals surface area (Å²) in [5.74, 6) is 0.992. The summed E-state index contributed by atoms with van der Waals surface area (Å²) >= 11 is 0. The zero-order chi connectivity index (χ0) is 16.9. The number of hydrogen-bond acceptors (Lipinski definition) is 2. The Hall–Kier alpha value is -1.02. The van der Waals surface area contributed by atoms with Gasteiger partial charge in [-0.25, -0.2) is 0 Å². The van der Waals surface area contributed by atoms with Crippen LogP contribution in [0.1, 0.15) is 83.1 Å². The van der Waals surface area contributed by atoms with E-state index in [1.807, 2.05) is 6.07 Å². The lowest BCUT2D eigenvalue weighted by atomic mass is 10.0. The van der Waals surface area contributed by atoms with E-state index in [2.05, 4.69) is 25.1 Å². The Morgan fingerprint density at radius 1 is 0.917 bits per heavy atom. The molecule has 1 aliphatic heterocycles. The molecule has 0 spiro atoms. The number of unbranched alkanes of at least 4 members (excludes halogenated alkanes) is 10. The molecule has 1 aliphatic rings. The van der Waals surface area contributed by atoms with Gasteiger partial charge in [-0.3, -0.25) is 0 Å². The number of benzene rings is 1. The SMILES string of the molecule is CCCCCCCCCCCCCc1cccc(OCC2CO2)c1. The van der Waals surface area contributed by atoms with Gasteiger partial charge >= 0.3 is 0 Å². The van der Waals surface area contributed by atoms with Gasteiger partial charge in [0.25, 0.3) is 0 Å². The van der Waals surface area contributed by atoms with Crippen molar-refractivity contribution in [2.75, 3.05) is 13.2 Å². The van der Waals surface area contributed by atoms with Crippen molar-refractivity contribution in [1.82, 2.24) is 0 Å². The molecule has 1 heterocycles. The van der Waals surface area contributed by atoms with Crippen LogP contribution in [0.4, 0.5) is 0 Å². The zero-order valence-corrected chi connectivity index (χ0v) is 15.6. The summed E-state index contributed by atoms with van der Waals surface area (Å²) in [7, 11) is 0. The Bertz CT molecular complexity index is 426. The molecule has 0 aliphatic carbocycles. The Morgan fingerprint density at radius 2 is 1.54 bits per heavy atom. The van der Waals surface area contributed by atoms with Gasteiger partial charge in [-0.2, -0.15) is 0 Å². The molecule has 24 heavy (non-hydrogen) atoms. The zero-order valence-electron chi connectivity index (χ0n) is 15.6. The first kappa shape index (κ1) is 19.3. The third kappa shape index (κ3) is 9.32. The van der Waals surface area contributed by atoms with Crippen molar-refractivity contribution in [2.45, 2.75) is 90.1 Å². The summed E-state index contributed by atoms with van der Waals surface area (Å²) in [5, 5.41) is 0. The second-order valence-electron chi connectivity index (χ2n) is 7.20. The molecule has 1 aromatic rings. The van der Waals surface area contributed by atoms with Crippen LogP contribution in [0.3, 0.4) is 0 Å². The highest BCUT2D eigenvalue weighted by Gasteiger charge is 2.22. The van der Waals surface area contributed by atoms with Gasteiger partial charge in [-0.15, -0.1) is 0 Å². The number of hydrogen-bond donors (Lipinski definition) is 0. The fraction of sp³-hybridized carbons (Fsp3) is 0.727. The molecule has 136 valence electrons. The minimum Gasteiger partial charge on any atom is -0.491 e. The molecule has 2 heteroatoms. The highest BCUT2D eigenvalue weighted by molar-refractivity contribution is 5.28. The van der Waals surface area contributed by atoms with Crippen molar-refractivity contribution in [2.24, 2.45) is 0 Å². The standard InChI is InChI=1S/C22H36O2/c1-2-3-4-5-6-7-8-9-10-11-12-14-20-15-13-16-21(17-20)23-18-22-19-24-22/h13,15-17,22H,2-12,14,18-19H2,1H3. The molecule has 0 N–H and O–H groups in total. The maximum absolute atomic E-state index is 5.75. The first-order chi connectivity index (χ1) is 11.9. The van der Waals surface area contributed by atoms with E-state index in [-0.39, 0.29) is 0 Å². The lowest BCUT2D eigenvalue weighted by Gasteiger charge is -2.07. The number of aryl methyl sites for hydroxylation is 1. The highest BCUT2D eigenvalue weighted by Crippen LogP contribution is 2.18. The largest absolute Gasteiger partial charge is 0.491 e. The minimum atomic E-state index is 0.334. The second kappa shape index (κ2) is 12.4. The first-order valence-corrected chi connectivity index (χ1v) is 10.2. The maximum Gasteiger partial charge on any atom is 0.119 e. The molecular weight excluding hydrogens is 296 g/mol. The van der Waals surface area contributed by atoms with Crippen LogP contribution in [-0.2, 0) is 11.2 Å². The third-order valence-corrected chi connectivity index (χ3v) is 4.81. The van der Waals surface area contributed by atoms with Crippen LogP contribution < -0.4 is 4.74 Å². The van der Waals surface area contributed by atoms with Crippen molar-refractivity contribution in [1.29, 1.82) is 0 Å². The van der Waals surface area contributed by atoms with Gasteiger partial charge in [0.15, 0.2) is 0 Å². The van der Waals surface area contributed by atoms with Crippen molar-refractivity contribution in [3.8, 4) is 5.75 Å². The minimum absolute atomic E-state index is 0.334. The number of epoxide rings is 1. The van der Waals surface area contributed by atoms with Crippen LogP contribution in [0.15, 0.2) is 24.3 Å². The van der Waals surface area contributed by atoms with Crippen molar-refractivity contribution in [3.05, 3.63) is 29.8 Å². The van der Waals surface area contributed by atoms with Crippen LogP contribution in [0.25, 0.3) is 0 Å². The lowest BCUT2D eigenvalue weighted by molar-refractivity contribution is 0.263. The molecule has 0 bridgehead atoms. The van der Waals surface area contributed by atoms with Crippen LogP contribution in [0, 0.1) is 0 Å².